The summed E-state index contributed by atoms with van der Waals surface area (Å²) in [6, 6.07) is 10.5. The maximum Gasteiger partial charge on any atom is 0.262 e. The molecule has 0 aliphatic heterocycles. The summed E-state index contributed by atoms with van der Waals surface area (Å²) in [5.74, 6) is 0.279. The smallest absolute Gasteiger partial charge is 0.262 e. The van der Waals surface area contributed by atoms with Crippen LogP contribution in [-0.4, -0.2) is 34.4 Å². The van der Waals surface area contributed by atoms with Crippen molar-refractivity contribution < 1.29 is 22.7 Å². The molecule has 0 spiro atoms. The molecule has 2 aromatic rings. The van der Waals surface area contributed by atoms with Gasteiger partial charge in [-0.25, -0.2) is 8.42 Å². The molecule has 0 saturated heterocycles. The Balaban J connectivity index is 2.26. The van der Waals surface area contributed by atoms with E-state index in [1.54, 1.807) is 12.1 Å². The average Bonchev–Trinajstić information content (AvgIpc) is 2.61. The van der Waals surface area contributed by atoms with E-state index in [4.69, 9.17) is 21.1 Å². The van der Waals surface area contributed by atoms with Crippen molar-refractivity contribution >= 4 is 38.9 Å². The molecule has 0 heterocycles. The number of nitrogens with one attached hydrogen (secondary N) is 2. The van der Waals surface area contributed by atoms with Crippen LogP contribution in [0.4, 0.5) is 11.4 Å². The van der Waals surface area contributed by atoms with Gasteiger partial charge in [0.05, 0.1) is 24.8 Å². The zero-order valence-electron chi connectivity index (χ0n) is 13.6. The number of sulfonamides is 1. The second-order valence-corrected chi connectivity index (χ2v) is 6.83. The number of rotatable bonds is 7. The predicted octanol–water partition coefficient (Wildman–Crippen LogP) is 2.68. The second-order valence-electron chi connectivity index (χ2n) is 4.88. The molecule has 7 nitrogen and oxygen atoms in total. The van der Waals surface area contributed by atoms with E-state index in [0.29, 0.717) is 17.2 Å². The first kappa shape index (κ1) is 18.9. The largest absolute Gasteiger partial charge is 0.497 e. The van der Waals surface area contributed by atoms with Crippen molar-refractivity contribution in [3.05, 3.63) is 42.5 Å². The van der Waals surface area contributed by atoms with E-state index in [1.165, 1.54) is 44.6 Å². The minimum Gasteiger partial charge on any atom is -0.497 e. The molecule has 0 atom stereocenters. The zero-order chi connectivity index (χ0) is 18.4. The molecule has 25 heavy (non-hydrogen) atoms. The number of methoxy groups -OCH3 is 2. The number of alkyl halides is 1. The van der Waals surface area contributed by atoms with Crippen molar-refractivity contribution in [1.82, 2.24) is 0 Å². The van der Waals surface area contributed by atoms with Crippen LogP contribution >= 0.6 is 11.6 Å². The Morgan fingerprint density at radius 3 is 2.32 bits per heavy atom. The first-order valence-electron chi connectivity index (χ1n) is 7.10. The summed E-state index contributed by atoms with van der Waals surface area (Å²) in [5.41, 5.74) is 0.699. The van der Waals surface area contributed by atoms with E-state index in [2.05, 4.69) is 10.0 Å². The number of carbonyl (C=O) groups is 1. The Kier molecular flexibility index (Phi) is 6.11. The topological polar surface area (TPSA) is 93.7 Å². The van der Waals surface area contributed by atoms with Crippen LogP contribution < -0.4 is 19.5 Å². The first-order valence-corrected chi connectivity index (χ1v) is 9.12. The summed E-state index contributed by atoms with van der Waals surface area (Å²) in [7, 11) is -0.927. The normalized spacial score (nSPS) is 10.8. The number of halogens is 1. The molecule has 0 saturated carbocycles. The fourth-order valence-electron chi connectivity index (χ4n) is 2.01. The van der Waals surface area contributed by atoms with Crippen molar-refractivity contribution in [2.75, 3.05) is 30.1 Å². The van der Waals surface area contributed by atoms with Gasteiger partial charge in [-0.05, 0) is 36.4 Å². The van der Waals surface area contributed by atoms with Gasteiger partial charge in [-0.15, -0.1) is 11.6 Å². The van der Waals surface area contributed by atoms with Gasteiger partial charge in [0.1, 0.15) is 17.4 Å². The number of amides is 1. The van der Waals surface area contributed by atoms with Crippen LogP contribution in [0, 0.1) is 0 Å². The Labute approximate surface area is 151 Å². The van der Waals surface area contributed by atoms with Crippen LogP contribution in [0.1, 0.15) is 0 Å². The van der Waals surface area contributed by atoms with E-state index in [9.17, 15) is 13.2 Å². The van der Waals surface area contributed by atoms with Gasteiger partial charge < -0.3 is 14.8 Å². The van der Waals surface area contributed by atoms with Gasteiger partial charge in [0.15, 0.2) is 0 Å². The van der Waals surface area contributed by atoms with Crippen molar-refractivity contribution in [3.8, 4) is 11.5 Å². The molecule has 2 aromatic carbocycles. The van der Waals surface area contributed by atoms with Gasteiger partial charge in [0.25, 0.3) is 10.0 Å². The van der Waals surface area contributed by atoms with Crippen molar-refractivity contribution in [2.45, 2.75) is 4.90 Å². The lowest BCUT2D eigenvalue weighted by Gasteiger charge is -2.13. The molecule has 0 aliphatic carbocycles. The highest BCUT2D eigenvalue weighted by Crippen LogP contribution is 2.31. The average molecular weight is 385 g/mol. The Morgan fingerprint density at radius 2 is 1.76 bits per heavy atom. The summed E-state index contributed by atoms with van der Waals surface area (Å²) < 4.78 is 37.8. The third-order valence-electron chi connectivity index (χ3n) is 3.22. The van der Waals surface area contributed by atoms with Gasteiger partial charge in [-0.2, -0.15) is 0 Å². The quantitative estimate of drug-likeness (QED) is 0.716. The van der Waals surface area contributed by atoms with Crippen LogP contribution in [0.25, 0.3) is 0 Å². The van der Waals surface area contributed by atoms with Crippen LogP contribution in [0.2, 0.25) is 0 Å². The Hall–Kier alpha value is -2.45. The zero-order valence-corrected chi connectivity index (χ0v) is 15.1. The maximum absolute atomic E-state index is 12.5. The third kappa shape index (κ3) is 4.77. The van der Waals surface area contributed by atoms with Crippen molar-refractivity contribution in [3.63, 3.8) is 0 Å². The molecule has 0 unspecified atom stereocenters. The molecule has 2 N–H and O–H groups in total. The van der Waals surface area contributed by atoms with Gasteiger partial charge in [0, 0.05) is 11.8 Å². The Morgan fingerprint density at radius 1 is 1.08 bits per heavy atom. The summed E-state index contributed by atoms with van der Waals surface area (Å²) >= 11 is 5.41. The SMILES string of the molecule is COc1ccc(OC)c(NS(=O)(=O)c2ccc(NC(=O)CCl)cc2)c1. The molecule has 0 radical (unpaired) electrons. The molecule has 2 rings (SSSR count). The highest BCUT2D eigenvalue weighted by Gasteiger charge is 2.17. The van der Waals surface area contributed by atoms with Gasteiger partial charge in [-0.3, -0.25) is 9.52 Å². The van der Waals surface area contributed by atoms with Gasteiger partial charge in [0.2, 0.25) is 5.91 Å². The van der Waals surface area contributed by atoms with Crippen molar-refractivity contribution in [2.24, 2.45) is 0 Å². The molecule has 0 aliphatic rings. The molecule has 134 valence electrons. The predicted molar refractivity (Wildman–Crippen MR) is 96.1 cm³/mol. The number of benzene rings is 2. The van der Waals surface area contributed by atoms with Crippen LogP contribution in [0.3, 0.4) is 0 Å². The van der Waals surface area contributed by atoms with Crippen LogP contribution in [0.15, 0.2) is 47.4 Å². The fourth-order valence-corrected chi connectivity index (χ4v) is 3.14. The van der Waals surface area contributed by atoms with Crippen LogP contribution in [-0.2, 0) is 14.8 Å². The van der Waals surface area contributed by atoms with Crippen molar-refractivity contribution in [1.29, 1.82) is 0 Å². The highest BCUT2D eigenvalue weighted by atomic mass is 35.5. The molecule has 1 amide bonds. The molecular weight excluding hydrogens is 368 g/mol. The lowest BCUT2D eigenvalue weighted by atomic mass is 10.3. The van der Waals surface area contributed by atoms with E-state index in [-0.39, 0.29) is 22.4 Å². The van der Waals surface area contributed by atoms with E-state index < -0.39 is 10.0 Å². The highest BCUT2D eigenvalue weighted by molar-refractivity contribution is 7.92. The summed E-state index contributed by atoms with van der Waals surface area (Å²) in [5, 5.41) is 2.53. The molecule has 0 bridgehead atoms. The Bertz CT molecular complexity index is 853. The van der Waals surface area contributed by atoms with Gasteiger partial charge >= 0.3 is 0 Å². The van der Waals surface area contributed by atoms with E-state index in [0.717, 1.165) is 0 Å². The summed E-state index contributed by atoms with van der Waals surface area (Å²) in [4.78, 5) is 11.3. The monoisotopic (exact) mass is 384 g/mol. The number of carbonyl (C=O) groups excluding carboxylic acids is 1. The molecule has 0 aromatic heterocycles. The summed E-state index contributed by atoms with van der Waals surface area (Å²) in [6.45, 7) is 0. The lowest BCUT2D eigenvalue weighted by Crippen LogP contribution is -2.15. The lowest BCUT2D eigenvalue weighted by molar-refractivity contribution is -0.113. The standard InChI is InChI=1S/C16H17ClN2O5S/c1-23-12-5-8-15(24-2)14(9-12)19-25(21,22)13-6-3-11(4-7-13)18-16(20)10-17/h3-9,19H,10H2,1-2H3,(H,18,20). The number of hydrogen-bond acceptors (Lipinski definition) is 5. The first-order chi connectivity index (χ1) is 11.9. The number of hydrogen-bond donors (Lipinski definition) is 2. The molecule has 0 fully saturated rings. The number of anilines is 2. The fraction of sp³-hybridized carbons (Fsp3) is 0.188. The second kappa shape index (κ2) is 8.09. The van der Waals surface area contributed by atoms with Crippen LogP contribution in [0.5, 0.6) is 11.5 Å². The minimum atomic E-state index is -3.85. The maximum atomic E-state index is 12.5. The molecule has 9 heteroatoms. The summed E-state index contributed by atoms with van der Waals surface area (Å²) in [6.07, 6.45) is 0. The van der Waals surface area contributed by atoms with Gasteiger partial charge in [-0.1, -0.05) is 0 Å². The molecular formula is C16H17ClN2O5S. The number of ether oxygens (including phenoxy) is 2. The third-order valence-corrected chi connectivity index (χ3v) is 4.84. The minimum absolute atomic E-state index is 0.0289. The van der Waals surface area contributed by atoms with E-state index in [1.807, 2.05) is 0 Å². The van der Waals surface area contributed by atoms with E-state index >= 15 is 0 Å².